The molecule has 2 aliphatic carbocycles. The van der Waals surface area contributed by atoms with Crippen molar-refractivity contribution in [1.29, 1.82) is 0 Å². The molecule has 2 bridgehead atoms. The average molecular weight is 400 g/mol. The topological polar surface area (TPSA) is 84.9 Å². The van der Waals surface area contributed by atoms with Gasteiger partial charge in [-0.05, 0) is 49.9 Å². The van der Waals surface area contributed by atoms with Gasteiger partial charge < -0.3 is 19.7 Å². The quantitative estimate of drug-likeness (QED) is 0.764. The van der Waals surface area contributed by atoms with Gasteiger partial charge in [-0.2, -0.15) is 0 Å². The lowest BCUT2D eigenvalue weighted by Crippen LogP contribution is -2.40. The molecule has 1 amide bonds. The number of morpholine rings is 1. The fourth-order valence-corrected chi connectivity index (χ4v) is 4.70. The van der Waals surface area contributed by atoms with E-state index >= 15 is 0 Å². The number of nitrogens with zero attached hydrogens (tertiary/aromatic N) is 1. The van der Waals surface area contributed by atoms with Gasteiger partial charge in [0.25, 0.3) is 5.91 Å². The van der Waals surface area contributed by atoms with Crippen LogP contribution in [0.1, 0.15) is 32.1 Å². The lowest BCUT2D eigenvalue weighted by molar-refractivity contribution is -0.155. The molecule has 0 spiro atoms. The number of Topliss-reactive ketones (excluding diaryl/α,β-unsaturated/α-hetero) is 1. The van der Waals surface area contributed by atoms with E-state index in [0.29, 0.717) is 24.3 Å². The van der Waals surface area contributed by atoms with Gasteiger partial charge in [0, 0.05) is 36.3 Å². The zero-order valence-corrected chi connectivity index (χ0v) is 16.6. The van der Waals surface area contributed by atoms with Crippen LogP contribution >= 0.6 is 0 Å². The van der Waals surface area contributed by atoms with Gasteiger partial charge in [-0.3, -0.25) is 14.4 Å². The van der Waals surface area contributed by atoms with E-state index in [0.717, 1.165) is 51.3 Å². The SMILES string of the molecule is O=C(COC(=O)C1C[C@@H]2CCC[C@@H](C1)C2=O)Nc1ccc(N2CCOCC2)cc1. The predicted octanol–water partition coefficient (Wildman–Crippen LogP) is 2.40. The number of nitrogens with one attached hydrogen (secondary N) is 1. The Labute approximate surface area is 170 Å². The smallest absolute Gasteiger partial charge is 0.309 e. The third kappa shape index (κ3) is 4.78. The van der Waals surface area contributed by atoms with Crippen molar-refractivity contribution in [3.63, 3.8) is 0 Å². The lowest BCUT2D eigenvalue weighted by Gasteiger charge is -2.36. The van der Waals surface area contributed by atoms with Crippen molar-refractivity contribution in [2.24, 2.45) is 17.8 Å². The molecular weight excluding hydrogens is 372 g/mol. The maximum absolute atomic E-state index is 12.4. The number of esters is 1. The second-order valence-corrected chi connectivity index (χ2v) is 8.20. The first-order valence-electron chi connectivity index (χ1n) is 10.5. The van der Waals surface area contributed by atoms with Crippen LogP contribution in [-0.4, -0.2) is 50.6 Å². The van der Waals surface area contributed by atoms with E-state index < -0.39 is 0 Å². The second-order valence-electron chi connectivity index (χ2n) is 8.20. The fraction of sp³-hybridized carbons (Fsp3) is 0.591. The van der Waals surface area contributed by atoms with Crippen molar-refractivity contribution in [2.75, 3.05) is 43.1 Å². The summed E-state index contributed by atoms with van der Waals surface area (Å²) in [5.74, 6) is -0.656. The van der Waals surface area contributed by atoms with Crippen LogP contribution in [0.2, 0.25) is 0 Å². The molecule has 0 aromatic heterocycles. The number of carbonyl (C=O) groups excluding carboxylic acids is 3. The molecular formula is C22H28N2O5. The van der Waals surface area contributed by atoms with Gasteiger partial charge in [-0.15, -0.1) is 0 Å². The van der Waals surface area contributed by atoms with E-state index in [9.17, 15) is 14.4 Å². The van der Waals surface area contributed by atoms with Gasteiger partial charge >= 0.3 is 5.97 Å². The Balaban J connectivity index is 1.23. The maximum atomic E-state index is 12.4. The number of hydrogen-bond acceptors (Lipinski definition) is 6. The average Bonchev–Trinajstić information content (AvgIpc) is 2.73. The van der Waals surface area contributed by atoms with E-state index in [-0.39, 0.29) is 36.2 Å². The van der Waals surface area contributed by atoms with Crippen molar-refractivity contribution in [3.05, 3.63) is 24.3 Å². The van der Waals surface area contributed by atoms with Crippen molar-refractivity contribution < 1.29 is 23.9 Å². The molecule has 3 aliphatic rings. The number of benzene rings is 1. The number of fused-ring (bicyclic) bond motifs is 2. The van der Waals surface area contributed by atoms with Gasteiger partial charge in [0.15, 0.2) is 6.61 Å². The number of rotatable bonds is 5. The molecule has 1 heterocycles. The predicted molar refractivity (Wildman–Crippen MR) is 108 cm³/mol. The summed E-state index contributed by atoms with van der Waals surface area (Å²) in [6.45, 7) is 2.86. The molecule has 7 heteroatoms. The van der Waals surface area contributed by atoms with Crippen LogP contribution in [0.4, 0.5) is 11.4 Å². The molecule has 4 rings (SSSR count). The summed E-state index contributed by atoms with van der Waals surface area (Å²) in [6, 6.07) is 7.62. The highest BCUT2D eigenvalue weighted by Crippen LogP contribution is 2.40. The van der Waals surface area contributed by atoms with Crippen LogP contribution in [0.25, 0.3) is 0 Å². The number of ether oxygens (including phenoxy) is 2. The minimum Gasteiger partial charge on any atom is -0.455 e. The van der Waals surface area contributed by atoms with Crippen LogP contribution in [-0.2, 0) is 23.9 Å². The number of anilines is 2. The summed E-state index contributed by atoms with van der Waals surface area (Å²) in [5, 5.41) is 2.76. The maximum Gasteiger partial charge on any atom is 0.309 e. The highest BCUT2D eigenvalue weighted by atomic mass is 16.5. The minimum atomic E-state index is -0.357. The Morgan fingerprint density at radius 2 is 1.72 bits per heavy atom. The fourth-order valence-electron chi connectivity index (χ4n) is 4.70. The largest absolute Gasteiger partial charge is 0.455 e. The van der Waals surface area contributed by atoms with Crippen LogP contribution in [0.3, 0.4) is 0 Å². The monoisotopic (exact) mass is 400 g/mol. The minimum absolute atomic E-state index is 0.00106. The summed E-state index contributed by atoms with van der Waals surface area (Å²) in [7, 11) is 0. The third-order valence-corrected chi connectivity index (χ3v) is 6.25. The molecule has 29 heavy (non-hydrogen) atoms. The normalized spacial score (nSPS) is 26.7. The summed E-state index contributed by atoms with van der Waals surface area (Å²) >= 11 is 0. The van der Waals surface area contributed by atoms with Crippen molar-refractivity contribution >= 4 is 29.0 Å². The summed E-state index contributed by atoms with van der Waals surface area (Å²) < 4.78 is 10.6. The number of hydrogen-bond donors (Lipinski definition) is 1. The van der Waals surface area contributed by atoms with Gasteiger partial charge in [-0.1, -0.05) is 6.42 Å². The first-order valence-corrected chi connectivity index (χ1v) is 10.5. The van der Waals surface area contributed by atoms with E-state index in [2.05, 4.69) is 10.2 Å². The van der Waals surface area contributed by atoms with Crippen LogP contribution in [0, 0.1) is 17.8 Å². The molecule has 0 unspecified atom stereocenters. The highest BCUT2D eigenvalue weighted by Gasteiger charge is 2.41. The Morgan fingerprint density at radius 3 is 2.38 bits per heavy atom. The number of ketones is 1. The zero-order chi connectivity index (χ0) is 20.2. The number of carbonyl (C=O) groups is 3. The molecule has 7 nitrogen and oxygen atoms in total. The van der Waals surface area contributed by atoms with Gasteiger partial charge in [0.1, 0.15) is 5.78 Å². The van der Waals surface area contributed by atoms with Crippen molar-refractivity contribution in [1.82, 2.24) is 0 Å². The second kappa shape index (κ2) is 8.95. The van der Waals surface area contributed by atoms with Crippen LogP contribution in [0.5, 0.6) is 0 Å². The Hall–Kier alpha value is -2.41. The van der Waals surface area contributed by atoms with Crippen LogP contribution < -0.4 is 10.2 Å². The lowest BCUT2D eigenvalue weighted by atomic mass is 9.67. The standard InChI is InChI=1S/C22H28N2O5/c25-20(23-18-4-6-19(7-5-18)24-8-10-28-11-9-24)14-29-22(27)17-12-15-2-1-3-16(13-17)21(15)26/h4-7,15-17H,1-3,8-14H2,(H,23,25)/t15-,16-/m0/s1. The summed E-state index contributed by atoms with van der Waals surface area (Å²) in [4.78, 5) is 38.9. The molecule has 1 saturated heterocycles. The molecule has 156 valence electrons. The van der Waals surface area contributed by atoms with Crippen molar-refractivity contribution in [2.45, 2.75) is 32.1 Å². The Bertz CT molecular complexity index is 741. The third-order valence-electron chi connectivity index (χ3n) is 6.25. The Kier molecular flexibility index (Phi) is 6.13. The molecule has 2 atom stereocenters. The molecule has 1 aromatic carbocycles. The zero-order valence-electron chi connectivity index (χ0n) is 16.6. The van der Waals surface area contributed by atoms with Gasteiger partial charge in [0.2, 0.25) is 0 Å². The molecule has 3 fully saturated rings. The van der Waals surface area contributed by atoms with Gasteiger partial charge in [-0.25, -0.2) is 0 Å². The highest BCUT2D eigenvalue weighted by molar-refractivity contribution is 5.93. The van der Waals surface area contributed by atoms with E-state index in [1.54, 1.807) is 0 Å². The van der Waals surface area contributed by atoms with E-state index in [1.807, 2.05) is 24.3 Å². The summed E-state index contributed by atoms with van der Waals surface area (Å²) in [6.07, 6.45) is 3.95. The first-order chi connectivity index (χ1) is 14.1. The molecule has 0 radical (unpaired) electrons. The van der Waals surface area contributed by atoms with Gasteiger partial charge in [0.05, 0.1) is 19.1 Å². The molecule has 1 N–H and O–H groups in total. The first kappa shape index (κ1) is 19.9. The van der Waals surface area contributed by atoms with Crippen molar-refractivity contribution in [3.8, 4) is 0 Å². The van der Waals surface area contributed by atoms with E-state index in [1.165, 1.54) is 0 Å². The molecule has 1 aliphatic heterocycles. The molecule has 1 aromatic rings. The van der Waals surface area contributed by atoms with Crippen LogP contribution in [0.15, 0.2) is 24.3 Å². The summed E-state index contributed by atoms with van der Waals surface area (Å²) in [5.41, 5.74) is 1.76. The Morgan fingerprint density at radius 1 is 1.07 bits per heavy atom. The number of amides is 1. The van der Waals surface area contributed by atoms with E-state index in [4.69, 9.17) is 9.47 Å². The molecule has 2 saturated carbocycles.